The first kappa shape index (κ1) is 27.0. The number of hydrogen-bond donors (Lipinski definition) is 1. The van der Waals surface area contributed by atoms with Gasteiger partial charge in [0.25, 0.3) is 0 Å². The van der Waals surface area contributed by atoms with Gasteiger partial charge in [0.15, 0.2) is 0 Å². The summed E-state index contributed by atoms with van der Waals surface area (Å²) < 4.78 is 1.03. The molecule has 6 heteroatoms. The first-order valence-corrected chi connectivity index (χ1v) is 13.9. The summed E-state index contributed by atoms with van der Waals surface area (Å²) in [5, 5.41) is 3.11. The number of thioether (sulfide) groups is 1. The SMILES string of the molecule is CC[C@@H](C)NC(=O)[C@H](Cc1ccccc1)N(Cc1ccccc1)C(=O)CSCc1ccc(Br)cc1. The van der Waals surface area contributed by atoms with Gasteiger partial charge < -0.3 is 10.2 Å². The van der Waals surface area contributed by atoms with Crippen molar-refractivity contribution in [3.63, 3.8) is 0 Å². The lowest BCUT2D eigenvalue weighted by Gasteiger charge is -2.32. The number of carbonyl (C=O) groups is 2. The molecule has 0 radical (unpaired) electrons. The second-order valence-electron chi connectivity index (χ2n) is 8.65. The van der Waals surface area contributed by atoms with Crippen molar-refractivity contribution in [2.45, 2.75) is 51.1 Å². The molecule has 2 atom stereocenters. The standard InChI is InChI=1S/C29H33BrN2O2S/c1-3-22(2)31-29(34)27(18-23-10-6-4-7-11-23)32(19-24-12-8-5-9-13-24)28(33)21-35-20-25-14-16-26(30)17-15-25/h4-17,22,27H,3,18-21H2,1-2H3,(H,31,34)/t22-,27+/m1/s1. The highest BCUT2D eigenvalue weighted by molar-refractivity contribution is 9.10. The fourth-order valence-electron chi connectivity index (χ4n) is 3.69. The molecule has 0 aliphatic carbocycles. The number of benzene rings is 3. The second-order valence-corrected chi connectivity index (χ2v) is 10.6. The third kappa shape index (κ3) is 8.86. The summed E-state index contributed by atoms with van der Waals surface area (Å²) in [4.78, 5) is 28.8. The van der Waals surface area contributed by atoms with Gasteiger partial charge in [-0.2, -0.15) is 0 Å². The monoisotopic (exact) mass is 552 g/mol. The number of halogens is 1. The Morgan fingerprint density at radius 2 is 1.49 bits per heavy atom. The predicted octanol–water partition coefficient (Wildman–Crippen LogP) is 6.24. The Bertz CT molecular complexity index is 1060. The summed E-state index contributed by atoms with van der Waals surface area (Å²) in [7, 11) is 0. The molecule has 3 rings (SSSR count). The summed E-state index contributed by atoms with van der Waals surface area (Å²) in [5.74, 6) is 0.910. The van der Waals surface area contributed by atoms with Crippen molar-refractivity contribution in [1.82, 2.24) is 10.2 Å². The summed E-state index contributed by atoms with van der Waals surface area (Å²) in [5.41, 5.74) is 3.20. The lowest BCUT2D eigenvalue weighted by Crippen LogP contribution is -2.52. The van der Waals surface area contributed by atoms with Crippen molar-refractivity contribution in [2.75, 3.05) is 5.75 Å². The first-order valence-electron chi connectivity index (χ1n) is 12.0. The van der Waals surface area contributed by atoms with E-state index in [1.54, 1.807) is 16.7 Å². The fourth-order valence-corrected chi connectivity index (χ4v) is 4.83. The predicted molar refractivity (Wildman–Crippen MR) is 149 cm³/mol. The molecule has 0 aromatic heterocycles. The van der Waals surface area contributed by atoms with E-state index >= 15 is 0 Å². The van der Waals surface area contributed by atoms with Crippen molar-refractivity contribution in [1.29, 1.82) is 0 Å². The zero-order chi connectivity index (χ0) is 25.0. The topological polar surface area (TPSA) is 49.4 Å². The molecule has 0 bridgehead atoms. The highest BCUT2D eigenvalue weighted by Crippen LogP contribution is 2.20. The van der Waals surface area contributed by atoms with E-state index in [2.05, 4.69) is 33.4 Å². The van der Waals surface area contributed by atoms with Gasteiger partial charge in [0.1, 0.15) is 6.04 Å². The Labute approximate surface area is 221 Å². The Kier molecular flexibility index (Phi) is 10.9. The molecule has 3 aromatic carbocycles. The van der Waals surface area contributed by atoms with E-state index in [0.717, 1.165) is 33.3 Å². The van der Waals surface area contributed by atoms with Crippen LogP contribution in [0.3, 0.4) is 0 Å². The van der Waals surface area contributed by atoms with Crippen LogP contribution in [0.1, 0.15) is 37.0 Å². The quantitative estimate of drug-likeness (QED) is 0.289. The molecule has 0 aliphatic rings. The van der Waals surface area contributed by atoms with Gasteiger partial charge in [-0.1, -0.05) is 95.7 Å². The number of hydrogen-bond acceptors (Lipinski definition) is 3. The molecular weight excluding hydrogens is 520 g/mol. The number of nitrogens with one attached hydrogen (secondary N) is 1. The number of amides is 2. The van der Waals surface area contributed by atoms with Gasteiger partial charge in [0.2, 0.25) is 11.8 Å². The number of carbonyl (C=O) groups excluding carboxylic acids is 2. The molecule has 0 unspecified atom stereocenters. The van der Waals surface area contributed by atoms with E-state index in [4.69, 9.17) is 0 Å². The van der Waals surface area contributed by atoms with E-state index in [0.29, 0.717) is 18.7 Å². The molecular formula is C29H33BrN2O2S. The van der Waals surface area contributed by atoms with Gasteiger partial charge in [-0.3, -0.25) is 9.59 Å². The molecule has 0 heterocycles. The Hall–Kier alpha value is -2.57. The largest absolute Gasteiger partial charge is 0.352 e. The molecule has 0 fully saturated rings. The van der Waals surface area contributed by atoms with Crippen LogP contribution in [0.5, 0.6) is 0 Å². The van der Waals surface area contributed by atoms with Crippen LogP contribution < -0.4 is 5.32 Å². The highest BCUT2D eigenvalue weighted by Gasteiger charge is 2.30. The van der Waals surface area contributed by atoms with E-state index in [-0.39, 0.29) is 17.9 Å². The Morgan fingerprint density at radius 3 is 2.09 bits per heavy atom. The summed E-state index contributed by atoms with van der Waals surface area (Å²) in [6.45, 7) is 4.43. The average molecular weight is 554 g/mol. The van der Waals surface area contributed by atoms with Crippen molar-refractivity contribution in [3.05, 3.63) is 106 Å². The first-order chi connectivity index (χ1) is 17.0. The molecule has 3 aromatic rings. The molecule has 0 saturated carbocycles. The molecule has 0 aliphatic heterocycles. The normalized spacial score (nSPS) is 12.5. The van der Waals surface area contributed by atoms with Crippen LogP contribution in [0.2, 0.25) is 0 Å². The minimum atomic E-state index is -0.590. The molecule has 184 valence electrons. The van der Waals surface area contributed by atoms with Crippen LogP contribution in [0.25, 0.3) is 0 Å². The molecule has 0 spiro atoms. The van der Waals surface area contributed by atoms with Crippen LogP contribution in [-0.2, 0) is 28.3 Å². The molecule has 0 saturated heterocycles. The maximum Gasteiger partial charge on any atom is 0.243 e. The van der Waals surface area contributed by atoms with Crippen LogP contribution in [0, 0.1) is 0 Å². The molecule has 4 nitrogen and oxygen atoms in total. The van der Waals surface area contributed by atoms with Crippen LogP contribution in [0.4, 0.5) is 0 Å². The van der Waals surface area contributed by atoms with Crippen molar-refractivity contribution in [3.8, 4) is 0 Å². The smallest absolute Gasteiger partial charge is 0.243 e. The highest BCUT2D eigenvalue weighted by atomic mass is 79.9. The van der Waals surface area contributed by atoms with E-state index < -0.39 is 6.04 Å². The van der Waals surface area contributed by atoms with Gasteiger partial charge in [-0.25, -0.2) is 0 Å². The number of rotatable bonds is 12. The second kappa shape index (κ2) is 14.1. The maximum absolute atomic E-state index is 13.6. The summed E-state index contributed by atoms with van der Waals surface area (Å²) in [6, 6.07) is 27.4. The Morgan fingerprint density at radius 1 is 0.886 bits per heavy atom. The van der Waals surface area contributed by atoms with Crippen molar-refractivity contribution in [2.24, 2.45) is 0 Å². The summed E-state index contributed by atoms with van der Waals surface area (Å²) in [6.07, 6.45) is 1.30. The minimum absolute atomic E-state index is 0.0313. The molecule has 2 amide bonds. The minimum Gasteiger partial charge on any atom is -0.352 e. The fraction of sp³-hybridized carbons (Fsp3) is 0.310. The average Bonchev–Trinajstić information content (AvgIpc) is 2.88. The van der Waals surface area contributed by atoms with Gasteiger partial charge in [-0.15, -0.1) is 11.8 Å². The van der Waals surface area contributed by atoms with E-state index in [9.17, 15) is 9.59 Å². The zero-order valence-corrected chi connectivity index (χ0v) is 22.7. The van der Waals surface area contributed by atoms with E-state index in [1.807, 2.05) is 86.6 Å². The molecule has 1 N–H and O–H groups in total. The third-order valence-corrected chi connectivity index (χ3v) is 7.39. The lowest BCUT2D eigenvalue weighted by molar-refractivity contribution is -0.139. The van der Waals surface area contributed by atoms with Gasteiger partial charge in [0.05, 0.1) is 5.75 Å². The summed E-state index contributed by atoms with van der Waals surface area (Å²) >= 11 is 5.04. The van der Waals surface area contributed by atoms with Crippen molar-refractivity contribution >= 4 is 39.5 Å². The van der Waals surface area contributed by atoms with Crippen LogP contribution in [-0.4, -0.2) is 34.6 Å². The van der Waals surface area contributed by atoms with Crippen molar-refractivity contribution < 1.29 is 9.59 Å². The van der Waals surface area contributed by atoms with Gasteiger partial charge in [0, 0.05) is 29.2 Å². The Balaban J connectivity index is 1.82. The van der Waals surface area contributed by atoms with Gasteiger partial charge in [-0.05, 0) is 42.2 Å². The lowest BCUT2D eigenvalue weighted by atomic mass is 10.0. The van der Waals surface area contributed by atoms with Crippen LogP contribution >= 0.6 is 27.7 Å². The zero-order valence-electron chi connectivity index (χ0n) is 20.3. The van der Waals surface area contributed by atoms with Gasteiger partial charge >= 0.3 is 0 Å². The van der Waals surface area contributed by atoms with Crippen LogP contribution in [0.15, 0.2) is 89.4 Å². The third-order valence-electron chi connectivity index (χ3n) is 5.88. The molecule has 35 heavy (non-hydrogen) atoms. The van der Waals surface area contributed by atoms with E-state index in [1.165, 1.54) is 0 Å². The maximum atomic E-state index is 13.6. The number of nitrogens with zero attached hydrogens (tertiary/aromatic N) is 1.